The van der Waals surface area contributed by atoms with Crippen molar-refractivity contribution in [2.45, 2.75) is 13.3 Å². The van der Waals surface area contributed by atoms with Gasteiger partial charge in [0, 0.05) is 23.9 Å². The first-order valence-electron chi connectivity index (χ1n) is 6.88. The van der Waals surface area contributed by atoms with Gasteiger partial charge in [0.15, 0.2) is 0 Å². The monoisotopic (exact) mass is 259 g/mol. The van der Waals surface area contributed by atoms with Gasteiger partial charge in [-0.3, -0.25) is 4.98 Å². The standard InChI is InChI=1S/C19H17N/c1-15-12-18(13-16-8-4-2-5-9-16)20-14-19(15)17-10-6-3-7-11-17/h2-12,14H,13H2,1H3. The quantitative estimate of drug-likeness (QED) is 0.667. The molecule has 0 bridgehead atoms. The Morgan fingerprint density at radius 1 is 0.850 bits per heavy atom. The number of rotatable bonds is 3. The lowest BCUT2D eigenvalue weighted by Gasteiger charge is -2.08. The Kier molecular flexibility index (Phi) is 3.60. The van der Waals surface area contributed by atoms with Crippen LogP contribution < -0.4 is 0 Å². The lowest BCUT2D eigenvalue weighted by Crippen LogP contribution is -1.94. The molecule has 0 fully saturated rings. The molecule has 98 valence electrons. The van der Waals surface area contributed by atoms with E-state index < -0.39 is 0 Å². The van der Waals surface area contributed by atoms with Gasteiger partial charge in [-0.25, -0.2) is 0 Å². The Morgan fingerprint density at radius 2 is 1.50 bits per heavy atom. The van der Waals surface area contributed by atoms with Crippen LogP contribution in [0.2, 0.25) is 0 Å². The molecule has 0 aliphatic carbocycles. The van der Waals surface area contributed by atoms with Crippen molar-refractivity contribution in [3.63, 3.8) is 0 Å². The van der Waals surface area contributed by atoms with E-state index in [1.54, 1.807) is 0 Å². The molecule has 20 heavy (non-hydrogen) atoms. The fraction of sp³-hybridized carbons (Fsp3) is 0.105. The van der Waals surface area contributed by atoms with Crippen molar-refractivity contribution in [3.05, 3.63) is 89.7 Å². The smallest absolute Gasteiger partial charge is 0.0450 e. The van der Waals surface area contributed by atoms with Crippen LogP contribution in [0.4, 0.5) is 0 Å². The van der Waals surface area contributed by atoms with Crippen LogP contribution in [0.3, 0.4) is 0 Å². The number of aromatic nitrogens is 1. The summed E-state index contributed by atoms with van der Waals surface area (Å²) >= 11 is 0. The highest BCUT2D eigenvalue weighted by Gasteiger charge is 2.04. The van der Waals surface area contributed by atoms with E-state index in [4.69, 9.17) is 0 Å². The van der Waals surface area contributed by atoms with E-state index in [1.807, 2.05) is 18.3 Å². The highest BCUT2D eigenvalue weighted by atomic mass is 14.7. The van der Waals surface area contributed by atoms with E-state index >= 15 is 0 Å². The third-order valence-corrected chi connectivity index (χ3v) is 3.48. The molecule has 3 aromatic rings. The zero-order chi connectivity index (χ0) is 13.8. The summed E-state index contributed by atoms with van der Waals surface area (Å²) in [5.74, 6) is 0. The molecule has 0 atom stereocenters. The maximum absolute atomic E-state index is 4.61. The van der Waals surface area contributed by atoms with E-state index in [0.29, 0.717) is 0 Å². The van der Waals surface area contributed by atoms with Gasteiger partial charge < -0.3 is 0 Å². The van der Waals surface area contributed by atoms with Crippen molar-refractivity contribution in [2.24, 2.45) is 0 Å². The van der Waals surface area contributed by atoms with Crippen LogP contribution in [0, 0.1) is 6.92 Å². The third kappa shape index (κ3) is 2.77. The summed E-state index contributed by atoms with van der Waals surface area (Å²) in [7, 11) is 0. The highest BCUT2D eigenvalue weighted by molar-refractivity contribution is 5.66. The minimum atomic E-state index is 0.886. The van der Waals surface area contributed by atoms with Gasteiger partial charge in [0.25, 0.3) is 0 Å². The summed E-state index contributed by atoms with van der Waals surface area (Å²) in [4.78, 5) is 4.61. The van der Waals surface area contributed by atoms with Crippen LogP contribution in [0.25, 0.3) is 11.1 Å². The molecule has 3 rings (SSSR count). The summed E-state index contributed by atoms with van der Waals surface area (Å²) in [5.41, 5.74) is 6.13. The van der Waals surface area contributed by atoms with E-state index in [-0.39, 0.29) is 0 Å². The predicted octanol–water partition coefficient (Wildman–Crippen LogP) is 4.65. The van der Waals surface area contributed by atoms with Crippen LogP contribution in [-0.4, -0.2) is 4.98 Å². The highest BCUT2D eigenvalue weighted by Crippen LogP contribution is 2.23. The molecule has 0 N–H and O–H groups in total. The minimum Gasteiger partial charge on any atom is -0.260 e. The average Bonchev–Trinajstić information content (AvgIpc) is 2.49. The fourth-order valence-corrected chi connectivity index (χ4v) is 2.44. The van der Waals surface area contributed by atoms with Gasteiger partial charge in [0.1, 0.15) is 0 Å². The Bertz CT molecular complexity index is 687. The molecule has 0 amide bonds. The molecule has 0 radical (unpaired) electrons. The molecule has 0 saturated carbocycles. The molecule has 0 saturated heterocycles. The van der Waals surface area contributed by atoms with Gasteiger partial charge in [-0.2, -0.15) is 0 Å². The van der Waals surface area contributed by atoms with Gasteiger partial charge in [0.2, 0.25) is 0 Å². The molecule has 0 aliphatic heterocycles. The number of nitrogens with zero attached hydrogens (tertiary/aromatic N) is 1. The van der Waals surface area contributed by atoms with Crippen LogP contribution in [0.15, 0.2) is 72.9 Å². The molecule has 1 heterocycles. The Hall–Kier alpha value is -2.41. The first kappa shape index (κ1) is 12.6. The first-order chi connectivity index (χ1) is 9.83. The Morgan fingerprint density at radius 3 is 2.15 bits per heavy atom. The summed E-state index contributed by atoms with van der Waals surface area (Å²) < 4.78 is 0. The molecular formula is C19H17N. The normalized spacial score (nSPS) is 10.4. The van der Waals surface area contributed by atoms with Crippen LogP contribution in [0.5, 0.6) is 0 Å². The van der Waals surface area contributed by atoms with Crippen molar-refractivity contribution in [2.75, 3.05) is 0 Å². The molecular weight excluding hydrogens is 242 g/mol. The fourth-order valence-electron chi connectivity index (χ4n) is 2.44. The van der Waals surface area contributed by atoms with Crippen molar-refractivity contribution in [3.8, 4) is 11.1 Å². The average molecular weight is 259 g/mol. The molecule has 0 unspecified atom stereocenters. The maximum atomic E-state index is 4.61. The second kappa shape index (κ2) is 5.70. The second-order valence-corrected chi connectivity index (χ2v) is 5.02. The molecule has 2 aromatic carbocycles. The molecule has 0 aliphatic rings. The number of hydrogen-bond donors (Lipinski definition) is 0. The summed E-state index contributed by atoms with van der Waals surface area (Å²) in [6.45, 7) is 2.15. The lowest BCUT2D eigenvalue weighted by atomic mass is 10.0. The lowest BCUT2D eigenvalue weighted by molar-refractivity contribution is 1.06. The third-order valence-electron chi connectivity index (χ3n) is 3.48. The van der Waals surface area contributed by atoms with Crippen LogP contribution >= 0.6 is 0 Å². The van der Waals surface area contributed by atoms with E-state index in [0.717, 1.165) is 12.1 Å². The topological polar surface area (TPSA) is 12.9 Å². The van der Waals surface area contributed by atoms with Gasteiger partial charge in [-0.15, -0.1) is 0 Å². The Balaban J connectivity index is 1.88. The number of hydrogen-bond acceptors (Lipinski definition) is 1. The summed E-state index contributed by atoms with van der Waals surface area (Å²) in [6, 6.07) is 23.1. The SMILES string of the molecule is Cc1cc(Cc2ccccc2)ncc1-c1ccccc1. The Labute approximate surface area is 119 Å². The zero-order valence-corrected chi connectivity index (χ0v) is 11.6. The summed E-state index contributed by atoms with van der Waals surface area (Å²) in [6.07, 6.45) is 2.87. The van der Waals surface area contributed by atoms with Crippen molar-refractivity contribution in [1.29, 1.82) is 0 Å². The second-order valence-electron chi connectivity index (χ2n) is 5.02. The molecule has 1 heteroatoms. The summed E-state index contributed by atoms with van der Waals surface area (Å²) in [5, 5.41) is 0. The van der Waals surface area contributed by atoms with Gasteiger partial charge in [-0.05, 0) is 29.7 Å². The number of benzene rings is 2. The van der Waals surface area contributed by atoms with Gasteiger partial charge in [-0.1, -0.05) is 60.7 Å². The van der Waals surface area contributed by atoms with E-state index in [2.05, 4.69) is 66.5 Å². The zero-order valence-electron chi connectivity index (χ0n) is 11.6. The maximum Gasteiger partial charge on any atom is 0.0450 e. The van der Waals surface area contributed by atoms with Gasteiger partial charge in [0.05, 0.1) is 0 Å². The largest absolute Gasteiger partial charge is 0.260 e. The van der Waals surface area contributed by atoms with Gasteiger partial charge >= 0.3 is 0 Å². The molecule has 1 aromatic heterocycles. The van der Waals surface area contributed by atoms with Crippen molar-refractivity contribution in [1.82, 2.24) is 4.98 Å². The van der Waals surface area contributed by atoms with E-state index in [1.165, 1.54) is 22.3 Å². The van der Waals surface area contributed by atoms with Crippen LogP contribution in [-0.2, 0) is 6.42 Å². The minimum absolute atomic E-state index is 0.886. The van der Waals surface area contributed by atoms with Crippen LogP contribution in [0.1, 0.15) is 16.8 Å². The predicted molar refractivity (Wildman–Crippen MR) is 83.7 cm³/mol. The molecule has 1 nitrogen and oxygen atoms in total. The molecule has 0 spiro atoms. The van der Waals surface area contributed by atoms with Crippen molar-refractivity contribution < 1.29 is 0 Å². The van der Waals surface area contributed by atoms with Crippen molar-refractivity contribution >= 4 is 0 Å². The number of pyridine rings is 1. The van der Waals surface area contributed by atoms with E-state index in [9.17, 15) is 0 Å². The first-order valence-corrected chi connectivity index (χ1v) is 6.88. The number of aryl methyl sites for hydroxylation is 1.